The lowest BCUT2D eigenvalue weighted by Gasteiger charge is -2.04. The van der Waals surface area contributed by atoms with Gasteiger partial charge in [0.05, 0.1) is 17.9 Å². The number of aliphatic imine (C=N–C) groups is 2. The highest BCUT2D eigenvalue weighted by molar-refractivity contribution is 5.98. The maximum absolute atomic E-state index is 11.7. The van der Waals surface area contributed by atoms with Gasteiger partial charge >= 0.3 is 5.97 Å². The van der Waals surface area contributed by atoms with Crippen molar-refractivity contribution in [1.82, 2.24) is 0 Å². The van der Waals surface area contributed by atoms with E-state index in [9.17, 15) is 4.79 Å². The lowest BCUT2D eigenvalue weighted by Crippen LogP contribution is -2.26. The van der Waals surface area contributed by atoms with Gasteiger partial charge in [0.15, 0.2) is 5.96 Å². The summed E-state index contributed by atoms with van der Waals surface area (Å²) in [7, 11) is 0. The lowest BCUT2D eigenvalue weighted by molar-refractivity contribution is 0.0527. The second-order valence-corrected chi connectivity index (χ2v) is 3.24. The Bertz CT molecular complexity index is 492. The number of esters is 1. The van der Waals surface area contributed by atoms with Gasteiger partial charge in [-0.05, 0) is 19.1 Å². The third kappa shape index (κ3) is 3.78. The number of para-hydroxylation sites is 1. The van der Waals surface area contributed by atoms with Crippen molar-refractivity contribution in [2.45, 2.75) is 6.92 Å². The molecule has 0 saturated heterocycles. The molecule has 1 rings (SSSR count). The van der Waals surface area contributed by atoms with Crippen LogP contribution in [0.3, 0.4) is 0 Å². The van der Waals surface area contributed by atoms with Crippen molar-refractivity contribution in [1.29, 1.82) is 0 Å². The largest absolute Gasteiger partial charge is 0.462 e. The number of guanidine groups is 2. The molecule has 0 bridgehead atoms. The first kappa shape index (κ1) is 13.5. The summed E-state index contributed by atoms with van der Waals surface area (Å²) in [5, 5.41) is 0. The molecule has 0 aliphatic carbocycles. The second kappa shape index (κ2) is 6.24. The number of ether oxygens (including phenoxy) is 1. The van der Waals surface area contributed by atoms with Gasteiger partial charge in [-0.3, -0.25) is 0 Å². The number of nitrogens with two attached hydrogens (primary N) is 3. The Morgan fingerprint density at radius 2 is 1.94 bits per heavy atom. The van der Waals surface area contributed by atoms with Gasteiger partial charge in [-0.25, -0.2) is 9.79 Å². The van der Waals surface area contributed by atoms with Gasteiger partial charge in [-0.15, -0.1) is 0 Å². The van der Waals surface area contributed by atoms with Crippen molar-refractivity contribution in [3.8, 4) is 0 Å². The SMILES string of the molecule is CCOC(=O)c1ccccc1N=C(N)N=C(N)N. The van der Waals surface area contributed by atoms with Crippen molar-refractivity contribution in [2.75, 3.05) is 6.61 Å². The van der Waals surface area contributed by atoms with Crippen molar-refractivity contribution >= 4 is 23.6 Å². The number of nitrogens with zero attached hydrogens (tertiary/aromatic N) is 2. The molecule has 0 radical (unpaired) electrons. The molecule has 18 heavy (non-hydrogen) atoms. The molecule has 0 atom stereocenters. The summed E-state index contributed by atoms with van der Waals surface area (Å²) in [4.78, 5) is 19.2. The quantitative estimate of drug-likeness (QED) is 0.397. The van der Waals surface area contributed by atoms with Gasteiger partial charge < -0.3 is 21.9 Å². The van der Waals surface area contributed by atoms with E-state index in [1.165, 1.54) is 0 Å². The topological polar surface area (TPSA) is 129 Å². The lowest BCUT2D eigenvalue weighted by atomic mass is 10.2. The Kier molecular flexibility index (Phi) is 4.67. The third-order valence-electron chi connectivity index (χ3n) is 1.88. The molecular formula is C11H15N5O2. The van der Waals surface area contributed by atoms with Crippen molar-refractivity contribution in [3.63, 3.8) is 0 Å². The molecule has 0 saturated carbocycles. The Hall–Kier alpha value is -2.57. The van der Waals surface area contributed by atoms with Crippen LogP contribution in [-0.2, 0) is 4.74 Å². The Labute approximate surface area is 104 Å². The molecule has 1 aromatic rings. The molecule has 1 aromatic carbocycles. The van der Waals surface area contributed by atoms with Crippen molar-refractivity contribution in [2.24, 2.45) is 27.2 Å². The number of hydrogen-bond acceptors (Lipinski definition) is 3. The van der Waals surface area contributed by atoms with Gasteiger partial charge in [0.2, 0.25) is 5.96 Å². The normalized spacial score (nSPS) is 10.8. The zero-order valence-corrected chi connectivity index (χ0v) is 9.96. The van der Waals surface area contributed by atoms with E-state index in [4.69, 9.17) is 21.9 Å². The standard InChI is InChI=1S/C11H15N5O2/c1-2-18-9(17)7-5-3-4-6-8(7)15-11(14)16-10(12)13/h3-6H,2H2,1H3,(H6,12,13,14,15,16). The van der Waals surface area contributed by atoms with E-state index in [1.54, 1.807) is 31.2 Å². The number of rotatable bonds is 3. The highest BCUT2D eigenvalue weighted by atomic mass is 16.5. The average molecular weight is 249 g/mol. The van der Waals surface area contributed by atoms with Crippen LogP contribution in [0.5, 0.6) is 0 Å². The smallest absolute Gasteiger partial charge is 0.340 e. The molecule has 0 unspecified atom stereocenters. The highest BCUT2D eigenvalue weighted by Crippen LogP contribution is 2.19. The summed E-state index contributed by atoms with van der Waals surface area (Å²) >= 11 is 0. The molecule has 0 fully saturated rings. The number of carbonyl (C=O) groups is 1. The van der Waals surface area contributed by atoms with E-state index >= 15 is 0 Å². The van der Waals surface area contributed by atoms with E-state index in [0.717, 1.165) is 0 Å². The number of benzene rings is 1. The fourth-order valence-electron chi connectivity index (χ4n) is 1.23. The maximum atomic E-state index is 11.7. The molecule has 0 aliphatic rings. The maximum Gasteiger partial charge on any atom is 0.340 e. The summed E-state index contributed by atoms with van der Waals surface area (Å²) < 4.78 is 4.90. The highest BCUT2D eigenvalue weighted by Gasteiger charge is 2.11. The predicted molar refractivity (Wildman–Crippen MR) is 69.5 cm³/mol. The molecule has 0 aliphatic heterocycles. The zero-order chi connectivity index (χ0) is 13.5. The summed E-state index contributed by atoms with van der Waals surface area (Å²) in [6.45, 7) is 2.00. The van der Waals surface area contributed by atoms with E-state index < -0.39 is 5.97 Å². The first-order valence-corrected chi connectivity index (χ1v) is 5.24. The van der Waals surface area contributed by atoms with Gasteiger partial charge in [-0.2, -0.15) is 4.99 Å². The molecule has 0 spiro atoms. The zero-order valence-electron chi connectivity index (χ0n) is 9.96. The van der Waals surface area contributed by atoms with Crippen LogP contribution >= 0.6 is 0 Å². The first-order chi connectivity index (χ1) is 8.54. The van der Waals surface area contributed by atoms with Crippen LogP contribution < -0.4 is 17.2 Å². The summed E-state index contributed by atoms with van der Waals surface area (Å²) in [5.41, 5.74) is 16.5. The van der Waals surface area contributed by atoms with Crippen LogP contribution in [0, 0.1) is 0 Å². The Morgan fingerprint density at radius 1 is 1.28 bits per heavy atom. The molecule has 0 heterocycles. The molecule has 6 N–H and O–H groups in total. The first-order valence-electron chi connectivity index (χ1n) is 5.24. The van der Waals surface area contributed by atoms with E-state index in [2.05, 4.69) is 9.98 Å². The van der Waals surface area contributed by atoms with Crippen LogP contribution in [0.1, 0.15) is 17.3 Å². The monoisotopic (exact) mass is 249 g/mol. The van der Waals surface area contributed by atoms with Crippen LogP contribution in [-0.4, -0.2) is 24.5 Å². The average Bonchev–Trinajstić information content (AvgIpc) is 2.28. The predicted octanol–water partition coefficient (Wildman–Crippen LogP) is 0.0829. The van der Waals surface area contributed by atoms with Crippen LogP contribution in [0.2, 0.25) is 0 Å². The van der Waals surface area contributed by atoms with Gasteiger partial charge in [0.1, 0.15) is 0 Å². The molecular weight excluding hydrogens is 234 g/mol. The molecule has 7 heteroatoms. The molecule has 0 aromatic heterocycles. The summed E-state index contributed by atoms with van der Waals surface area (Å²) in [6.07, 6.45) is 0. The van der Waals surface area contributed by atoms with Crippen molar-refractivity contribution < 1.29 is 9.53 Å². The number of hydrogen-bond donors (Lipinski definition) is 3. The van der Waals surface area contributed by atoms with Crippen LogP contribution in [0.25, 0.3) is 0 Å². The van der Waals surface area contributed by atoms with Crippen molar-refractivity contribution in [3.05, 3.63) is 29.8 Å². The minimum absolute atomic E-state index is 0.133. The van der Waals surface area contributed by atoms with Crippen LogP contribution in [0.15, 0.2) is 34.3 Å². The van der Waals surface area contributed by atoms with E-state index in [-0.39, 0.29) is 18.5 Å². The third-order valence-corrected chi connectivity index (χ3v) is 1.88. The Balaban J connectivity index is 3.10. The van der Waals surface area contributed by atoms with Gasteiger partial charge in [0.25, 0.3) is 0 Å². The van der Waals surface area contributed by atoms with Gasteiger partial charge in [-0.1, -0.05) is 12.1 Å². The fraction of sp³-hybridized carbons (Fsp3) is 0.182. The molecule has 7 nitrogen and oxygen atoms in total. The minimum Gasteiger partial charge on any atom is -0.462 e. The van der Waals surface area contributed by atoms with Gasteiger partial charge in [0, 0.05) is 0 Å². The Morgan fingerprint density at radius 3 is 2.56 bits per heavy atom. The molecule has 96 valence electrons. The number of carbonyl (C=O) groups excluding carboxylic acids is 1. The second-order valence-electron chi connectivity index (χ2n) is 3.24. The van der Waals surface area contributed by atoms with Crippen LogP contribution in [0.4, 0.5) is 5.69 Å². The van der Waals surface area contributed by atoms with E-state index in [0.29, 0.717) is 11.3 Å². The van der Waals surface area contributed by atoms with E-state index in [1.807, 2.05) is 0 Å². The molecule has 0 amide bonds. The fourth-order valence-corrected chi connectivity index (χ4v) is 1.23. The summed E-state index contributed by atoms with van der Waals surface area (Å²) in [5.74, 6) is -0.814. The summed E-state index contributed by atoms with van der Waals surface area (Å²) in [6, 6.07) is 6.60. The minimum atomic E-state index is -0.477.